The zero-order valence-electron chi connectivity index (χ0n) is 17.1. The molecule has 7 nitrogen and oxygen atoms in total. The summed E-state index contributed by atoms with van der Waals surface area (Å²) in [5.41, 5.74) is 3.00. The van der Waals surface area contributed by atoms with Crippen molar-refractivity contribution in [2.75, 3.05) is 60.2 Å². The first kappa shape index (κ1) is 20.3. The van der Waals surface area contributed by atoms with Crippen LogP contribution in [0.2, 0.25) is 0 Å². The average molecular weight is 380 g/mol. The minimum atomic E-state index is 0.0866. The van der Waals surface area contributed by atoms with Crippen LogP contribution in [0.3, 0.4) is 0 Å². The van der Waals surface area contributed by atoms with E-state index in [1.165, 1.54) is 0 Å². The van der Waals surface area contributed by atoms with Crippen LogP contribution in [0.25, 0.3) is 0 Å². The van der Waals surface area contributed by atoms with E-state index in [1.807, 2.05) is 17.9 Å². The first-order valence-electron chi connectivity index (χ1n) is 9.85. The predicted molar refractivity (Wildman–Crippen MR) is 103 cm³/mol. The summed E-state index contributed by atoms with van der Waals surface area (Å²) in [5, 5.41) is 0. The summed E-state index contributed by atoms with van der Waals surface area (Å²) in [6, 6.07) is 2.03. The Bertz CT molecular complexity index is 631. The smallest absolute Gasteiger partial charge is 0.255 e. The highest BCUT2D eigenvalue weighted by Gasteiger charge is 2.37. The summed E-state index contributed by atoms with van der Waals surface area (Å²) in [7, 11) is 3.45. The third-order valence-corrected chi connectivity index (χ3v) is 5.59. The molecule has 1 aromatic heterocycles. The maximum Gasteiger partial charge on any atom is 0.255 e. The van der Waals surface area contributed by atoms with Crippen LogP contribution in [0.15, 0.2) is 6.07 Å². The van der Waals surface area contributed by atoms with Crippen LogP contribution >= 0.6 is 0 Å². The molecule has 1 amide bonds. The normalized spacial score (nSPS) is 23.0. The van der Waals surface area contributed by atoms with Gasteiger partial charge in [0, 0.05) is 71.5 Å². The van der Waals surface area contributed by atoms with E-state index in [-0.39, 0.29) is 18.1 Å². The van der Waals surface area contributed by atoms with Crippen molar-refractivity contribution in [1.82, 2.24) is 14.4 Å². The molecule has 0 spiro atoms. The Kier molecular flexibility index (Phi) is 6.92. The van der Waals surface area contributed by atoms with Gasteiger partial charge in [-0.2, -0.15) is 0 Å². The van der Waals surface area contributed by atoms with Crippen molar-refractivity contribution in [1.29, 1.82) is 0 Å². The van der Waals surface area contributed by atoms with Gasteiger partial charge in [-0.25, -0.2) is 0 Å². The Morgan fingerprint density at radius 3 is 2.37 bits per heavy atom. The van der Waals surface area contributed by atoms with Crippen molar-refractivity contribution in [2.45, 2.75) is 39.0 Å². The van der Waals surface area contributed by atoms with Gasteiger partial charge >= 0.3 is 0 Å². The molecular formula is C20H33N3O4. The predicted octanol–water partition coefficient (Wildman–Crippen LogP) is 1.31. The molecule has 2 aliphatic rings. The lowest BCUT2D eigenvalue weighted by molar-refractivity contribution is -0.131. The zero-order valence-corrected chi connectivity index (χ0v) is 17.1. The molecule has 3 rings (SSSR count). The van der Waals surface area contributed by atoms with Gasteiger partial charge in [0.05, 0.1) is 24.4 Å². The number of rotatable bonds is 8. The zero-order chi connectivity index (χ0) is 19.4. The lowest BCUT2D eigenvalue weighted by Crippen LogP contribution is -2.60. The molecule has 2 unspecified atom stereocenters. The van der Waals surface area contributed by atoms with E-state index in [0.29, 0.717) is 13.1 Å². The summed E-state index contributed by atoms with van der Waals surface area (Å²) in [6.45, 7) is 10.4. The standard InChI is InChI=1S/C20H33N3O4/c1-15-10-19(16(2)23(15)6-5-8-25-3)20(24)22-13-17-11-21(7-9-26-4)12-18(14-22)27-17/h10,17-18H,5-9,11-14H2,1-4H3. The fraction of sp³-hybridized carbons (Fsp3) is 0.750. The quantitative estimate of drug-likeness (QED) is 0.638. The molecule has 2 saturated heterocycles. The largest absolute Gasteiger partial charge is 0.385 e. The van der Waals surface area contributed by atoms with Crippen LogP contribution in [0, 0.1) is 13.8 Å². The van der Waals surface area contributed by atoms with Crippen LogP contribution in [0.4, 0.5) is 0 Å². The molecule has 152 valence electrons. The van der Waals surface area contributed by atoms with Gasteiger partial charge in [-0.15, -0.1) is 0 Å². The van der Waals surface area contributed by atoms with Gasteiger partial charge in [-0.05, 0) is 26.3 Å². The fourth-order valence-corrected chi connectivity index (χ4v) is 4.24. The second kappa shape index (κ2) is 9.19. The van der Waals surface area contributed by atoms with Crippen molar-refractivity contribution in [2.24, 2.45) is 0 Å². The molecule has 2 fully saturated rings. The molecule has 1 aromatic rings. The van der Waals surface area contributed by atoms with Gasteiger partial charge < -0.3 is 23.7 Å². The number of methoxy groups -OCH3 is 2. The SMILES string of the molecule is COCCCn1c(C)cc(C(=O)N2CC3CN(CCOC)CC(C2)O3)c1C. The number of nitrogens with zero attached hydrogens (tertiary/aromatic N) is 3. The summed E-state index contributed by atoms with van der Waals surface area (Å²) < 4.78 is 18.6. The second-order valence-electron chi connectivity index (χ2n) is 7.63. The molecule has 0 aromatic carbocycles. The topological polar surface area (TPSA) is 56.2 Å². The number of carbonyl (C=O) groups is 1. The van der Waals surface area contributed by atoms with Crippen LogP contribution < -0.4 is 0 Å². The number of aromatic nitrogens is 1. The van der Waals surface area contributed by atoms with Crippen molar-refractivity contribution in [3.05, 3.63) is 23.0 Å². The van der Waals surface area contributed by atoms with Crippen LogP contribution in [-0.2, 0) is 20.8 Å². The minimum Gasteiger partial charge on any atom is -0.385 e. The maximum absolute atomic E-state index is 13.2. The minimum absolute atomic E-state index is 0.0866. The second-order valence-corrected chi connectivity index (χ2v) is 7.63. The third kappa shape index (κ3) is 4.71. The summed E-state index contributed by atoms with van der Waals surface area (Å²) in [4.78, 5) is 17.6. The molecule has 2 aliphatic heterocycles. The first-order chi connectivity index (χ1) is 13.0. The van der Waals surface area contributed by atoms with Crippen molar-refractivity contribution in [3.63, 3.8) is 0 Å². The Hall–Kier alpha value is -1.41. The molecule has 3 heterocycles. The number of ether oxygens (including phenoxy) is 3. The number of carbonyl (C=O) groups excluding carboxylic acids is 1. The maximum atomic E-state index is 13.2. The van der Waals surface area contributed by atoms with Crippen LogP contribution in [-0.4, -0.2) is 92.6 Å². The monoisotopic (exact) mass is 379 g/mol. The Morgan fingerprint density at radius 2 is 1.74 bits per heavy atom. The molecule has 7 heteroatoms. The Morgan fingerprint density at radius 1 is 1.07 bits per heavy atom. The van der Waals surface area contributed by atoms with Gasteiger partial charge in [0.25, 0.3) is 5.91 Å². The molecule has 0 aliphatic carbocycles. The Labute approximate surface area is 162 Å². The number of hydrogen-bond acceptors (Lipinski definition) is 5. The van der Waals surface area contributed by atoms with E-state index in [9.17, 15) is 4.79 Å². The highest BCUT2D eigenvalue weighted by atomic mass is 16.5. The summed E-state index contributed by atoms with van der Waals surface area (Å²) >= 11 is 0. The van der Waals surface area contributed by atoms with E-state index in [4.69, 9.17) is 14.2 Å². The molecule has 27 heavy (non-hydrogen) atoms. The molecule has 0 radical (unpaired) electrons. The summed E-state index contributed by atoms with van der Waals surface area (Å²) in [6.07, 6.45) is 1.12. The lowest BCUT2D eigenvalue weighted by Gasteiger charge is -2.45. The third-order valence-electron chi connectivity index (χ3n) is 5.59. The van der Waals surface area contributed by atoms with Gasteiger partial charge in [0.2, 0.25) is 0 Å². The molecular weight excluding hydrogens is 346 g/mol. The van der Waals surface area contributed by atoms with Crippen LogP contribution in [0.1, 0.15) is 28.2 Å². The lowest BCUT2D eigenvalue weighted by atomic mass is 10.1. The number of amides is 1. The van der Waals surface area contributed by atoms with Gasteiger partial charge in [-0.1, -0.05) is 0 Å². The van der Waals surface area contributed by atoms with Crippen LogP contribution in [0.5, 0.6) is 0 Å². The van der Waals surface area contributed by atoms with E-state index in [1.54, 1.807) is 14.2 Å². The Balaban J connectivity index is 1.65. The fourth-order valence-electron chi connectivity index (χ4n) is 4.24. The van der Waals surface area contributed by atoms with E-state index >= 15 is 0 Å². The van der Waals surface area contributed by atoms with Crippen molar-refractivity contribution in [3.8, 4) is 0 Å². The highest BCUT2D eigenvalue weighted by molar-refractivity contribution is 5.95. The summed E-state index contributed by atoms with van der Waals surface area (Å²) in [5.74, 6) is 0.129. The van der Waals surface area contributed by atoms with Gasteiger partial charge in [-0.3, -0.25) is 9.69 Å². The van der Waals surface area contributed by atoms with E-state index < -0.39 is 0 Å². The van der Waals surface area contributed by atoms with E-state index in [2.05, 4.69) is 16.4 Å². The number of aryl methyl sites for hydroxylation is 1. The average Bonchev–Trinajstić information content (AvgIpc) is 2.93. The van der Waals surface area contributed by atoms with E-state index in [0.717, 1.165) is 62.8 Å². The van der Waals surface area contributed by atoms with Gasteiger partial charge in [0.1, 0.15) is 0 Å². The number of hydrogen-bond donors (Lipinski definition) is 0. The first-order valence-corrected chi connectivity index (χ1v) is 9.85. The number of fused-ring (bicyclic) bond motifs is 2. The van der Waals surface area contributed by atoms with Crippen molar-refractivity contribution < 1.29 is 19.0 Å². The molecule has 2 bridgehead atoms. The van der Waals surface area contributed by atoms with Crippen molar-refractivity contribution >= 4 is 5.91 Å². The highest BCUT2D eigenvalue weighted by Crippen LogP contribution is 2.23. The number of morpholine rings is 2. The molecule has 2 atom stereocenters. The molecule has 0 saturated carbocycles. The molecule has 0 N–H and O–H groups in total. The van der Waals surface area contributed by atoms with Gasteiger partial charge in [0.15, 0.2) is 0 Å².